The maximum atomic E-state index is 12.1. The van der Waals surface area contributed by atoms with Gasteiger partial charge in [-0.15, -0.1) is 0 Å². The molecule has 22 heavy (non-hydrogen) atoms. The molecule has 3 aliphatic carbocycles. The van der Waals surface area contributed by atoms with Crippen LogP contribution in [0.4, 0.5) is 0 Å². The minimum atomic E-state index is -0.0742. The van der Waals surface area contributed by atoms with Crippen molar-refractivity contribution in [1.29, 1.82) is 0 Å². The van der Waals surface area contributed by atoms with Gasteiger partial charge < -0.3 is 10.0 Å². The van der Waals surface area contributed by atoms with Gasteiger partial charge in [0.1, 0.15) is 0 Å². The molecule has 0 aromatic carbocycles. The van der Waals surface area contributed by atoms with E-state index in [0.717, 1.165) is 37.5 Å². The van der Waals surface area contributed by atoms with Crippen LogP contribution in [0.1, 0.15) is 65.2 Å². The maximum Gasteiger partial charge on any atom is 0.222 e. The summed E-state index contributed by atoms with van der Waals surface area (Å²) in [4.78, 5) is 14.2. The summed E-state index contributed by atoms with van der Waals surface area (Å²) in [7, 11) is 2.02. The number of piperidine rings is 1. The third kappa shape index (κ3) is 1.87. The zero-order valence-electron chi connectivity index (χ0n) is 14.3. The predicted molar refractivity (Wildman–Crippen MR) is 86.2 cm³/mol. The third-order valence-electron chi connectivity index (χ3n) is 8.30. The van der Waals surface area contributed by atoms with Gasteiger partial charge in [-0.3, -0.25) is 4.79 Å². The van der Waals surface area contributed by atoms with Crippen LogP contribution in [-0.2, 0) is 4.79 Å². The van der Waals surface area contributed by atoms with E-state index in [-0.39, 0.29) is 6.10 Å². The molecule has 1 aliphatic heterocycles. The lowest BCUT2D eigenvalue weighted by Crippen LogP contribution is -2.61. The molecule has 3 saturated carbocycles. The second-order valence-electron chi connectivity index (χ2n) is 9.27. The van der Waals surface area contributed by atoms with Crippen molar-refractivity contribution in [3.63, 3.8) is 0 Å². The minimum absolute atomic E-state index is 0.0742. The molecule has 1 heterocycles. The summed E-state index contributed by atoms with van der Waals surface area (Å²) < 4.78 is 0. The highest BCUT2D eigenvalue weighted by Crippen LogP contribution is 2.64. The van der Waals surface area contributed by atoms with Crippen molar-refractivity contribution in [2.75, 3.05) is 7.05 Å². The second-order valence-corrected chi connectivity index (χ2v) is 9.27. The number of carbonyl (C=O) groups is 1. The number of carbonyl (C=O) groups excluding carboxylic acids is 1. The summed E-state index contributed by atoms with van der Waals surface area (Å²) in [6.45, 7) is 4.89. The van der Waals surface area contributed by atoms with Gasteiger partial charge in [-0.25, -0.2) is 0 Å². The number of hydrogen-bond donors (Lipinski definition) is 1. The van der Waals surface area contributed by atoms with E-state index in [1.54, 1.807) is 0 Å². The molecule has 3 heteroatoms. The van der Waals surface area contributed by atoms with Crippen LogP contribution in [0.5, 0.6) is 0 Å². The number of amides is 1. The molecule has 4 aliphatic rings. The highest BCUT2D eigenvalue weighted by Gasteiger charge is 2.60. The molecule has 0 bridgehead atoms. The topological polar surface area (TPSA) is 40.5 Å². The Morgan fingerprint density at radius 3 is 2.68 bits per heavy atom. The predicted octanol–water partition coefficient (Wildman–Crippen LogP) is 3.21. The van der Waals surface area contributed by atoms with Crippen LogP contribution in [0.25, 0.3) is 0 Å². The summed E-state index contributed by atoms with van der Waals surface area (Å²) in [6.07, 6.45) is 8.78. The Morgan fingerprint density at radius 1 is 1.14 bits per heavy atom. The van der Waals surface area contributed by atoms with Crippen LogP contribution >= 0.6 is 0 Å². The van der Waals surface area contributed by atoms with E-state index < -0.39 is 0 Å². The molecule has 0 aromatic heterocycles. The standard InChI is InChI=1S/C19H31NO2/c1-18-8-6-14-13(15(18)10-12(21)11-18)4-5-16-19(14,2)9-7-17(22)20(16)3/h12-16,21H,4-11H2,1-3H3/t12?,13-,14+,15+,16-,18-,19-/m1/s1. The van der Waals surface area contributed by atoms with E-state index in [1.165, 1.54) is 25.7 Å². The van der Waals surface area contributed by atoms with Crippen LogP contribution in [0.2, 0.25) is 0 Å². The van der Waals surface area contributed by atoms with Crippen molar-refractivity contribution in [2.24, 2.45) is 28.6 Å². The Labute approximate surface area is 134 Å². The zero-order chi connectivity index (χ0) is 15.7. The summed E-state index contributed by atoms with van der Waals surface area (Å²) >= 11 is 0. The molecule has 0 spiro atoms. The largest absolute Gasteiger partial charge is 0.393 e. The van der Waals surface area contributed by atoms with E-state index in [9.17, 15) is 9.90 Å². The number of rotatable bonds is 0. The quantitative estimate of drug-likeness (QED) is 0.746. The summed E-state index contributed by atoms with van der Waals surface area (Å²) in [5, 5.41) is 10.2. The summed E-state index contributed by atoms with van der Waals surface area (Å²) in [6, 6.07) is 0.450. The van der Waals surface area contributed by atoms with Gasteiger partial charge in [0.15, 0.2) is 0 Å². The highest BCUT2D eigenvalue weighted by atomic mass is 16.3. The zero-order valence-corrected chi connectivity index (χ0v) is 14.3. The molecular weight excluding hydrogens is 274 g/mol. The SMILES string of the molecule is CN1C(=O)CC[C@]2(C)[C@H]3CC[C@]4(C)CC(O)C[C@H]4[C@@H]3CC[C@@H]12. The van der Waals surface area contributed by atoms with Gasteiger partial charge in [0.2, 0.25) is 5.91 Å². The van der Waals surface area contributed by atoms with Crippen LogP contribution < -0.4 is 0 Å². The molecule has 4 rings (SSSR count). The van der Waals surface area contributed by atoms with Crippen LogP contribution in [0.3, 0.4) is 0 Å². The molecule has 7 atom stereocenters. The van der Waals surface area contributed by atoms with Crippen molar-refractivity contribution in [3.8, 4) is 0 Å². The first-order valence-corrected chi connectivity index (χ1v) is 9.29. The highest BCUT2D eigenvalue weighted by molar-refractivity contribution is 5.77. The minimum Gasteiger partial charge on any atom is -0.393 e. The Hall–Kier alpha value is -0.570. The lowest BCUT2D eigenvalue weighted by Gasteiger charge is -2.61. The van der Waals surface area contributed by atoms with Crippen molar-refractivity contribution in [1.82, 2.24) is 4.90 Å². The number of nitrogens with zero attached hydrogens (tertiary/aromatic N) is 1. The molecule has 1 saturated heterocycles. The average Bonchev–Trinajstić information content (AvgIpc) is 2.78. The van der Waals surface area contributed by atoms with Crippen LogP contribution in [0, 0.1) is 28.6 Å². The Balaban J connectivity index is 1.65. The molecule has 1 N–H and O–H groups in total. The summed E-state index contributed by atoms with van der Waals surface area (Å²) in [5.41, 5.74) is 0.681. The van der Waals surface area contributed by atoms with Crippen molar-refractivity contribution < 1.29 is 9.90 Å². The van der Waals surface area contributed by atoms with Gasteiger partial charge in [-0.1, -0.05) is 13.8 Å². The normalized spacial score (nSPS) is 54.6. The van der Waals surface area contributed by atoms with Gasteiger partial charge in [0.05, 0.1) is 6.10 Å². The molecule has 0 aromatic rings. The van der Waals surface area contributed by atoms with Gasteiger partial charge in [-0.05, 0) is 73.5 Å². The first-order valence-electron chi connectivity index (χ1n) is 9.29. The molecule has 3 nitrogen and oxygen atoms in total. The smallest absolute Gasteiger partial charge is 0.222 e. The first kappa shape index (κ1) is 15.0. The number of aliphatic hydroxyl groups excluding tert-OH is 1. The van der Waals surface area contributed by atoms with E-state index in [2.05, 4.69) is 18.7 Å². The number of hydrogen-bond acceptors (Lipinski definition) is 2. The molecule has 1 amide bonds. The van der Waals surface area contributed by atoms with E-state index in [1.807, 2.05) is 7.05 Å². The first-order chi connectivity index (χ1) is 10.3. The third-order valence-corrected chi connectivity index (χ3v) is 8.30. The Morgan fingerprint density at radius 2 is 1.91 bits per heavy atom. The maximum absolute atomic E-state index is 12.1. The molecule has 1 unspecified atom stereocenters. The second kappa shape index (κ2) is 4.72. The summed E-state index contributed by atoms with van der Waals surface area (Å²) in [5.74, 6) is 2.59. The van der Waals surface area contributed by atoms with Crippen molar-refractivity contribution in [2.45, 2.75) is 77.4 Å². The van der Waals surface area contributed by atoms with E-state index in [0.29, 0.717) is 28.7 Å². The van der Waals surface area contributed by atoms with Gasteiger partial charge >= 0.3 is 0 Å². The number of likely N-dealkylation sites (tertiary alicyclic amines) is 1. The van der Waals surface area contributed by atoms with Crippen LogP contribution in [-0.4, -0.2) is 35.1 Å². The Bertz CT molecular complexity index is 492. The Kier molecular flexibility index (Phi) is 3.21. The van der Waals surface area contributed by atoms with Gasteiger partial charge in [0, 0.05) is 19.5 Å². The fourth-order valence-electron chi connectivity index (χ4n) is 7.17. The molecular formula is C19H31NO2. The molecule has 0 radical (unpaired) electrons. The average molecular weight is 305 g/mol. The lowest BCUT2D eigenvalue weighted by atomic mass is 9.47. The van der Waals surface area contributed by atoms with Gasteiger partial charge in [0.25, 0.3) is 0 Å². The fourth-order valence-corrected chi connectivity index (χ4v) is 7.17. The number of aliphatic hydroxyl groups is 1. The molecule has 124 valence electrons. The fraction of sp³-hybridized carbons (Fsp3) is 0.947. The van der Waals surface area contributed by atoms with Crippen molar-refractivity contribution >= 4 is 5.91 Å². The van der Waals surface area contributed by atoms with Crippen LogP contribution in [0.15, 0.2) is 0 Å². The molecule has 4 fully saturated rings. The van der Waals surface area contributed by atoms with E-state index in [4.69, 9.17) is 0 Å². The number of fused-ring (bicyclic) bond motifs is 5. The lowest BCUT2D eigenvalue weighted by molar-refractivity contribution is -0.156. The monoisotopic (exact) mass is 305 g/mol. The van der Waals surface area contributed by atoms with Gasteiger partial charge in [-0.2, -0.15) is 0 Å². The van der Waals surface area contributed by atoms with E-state index >= 15 is 0 Å². The van der Waals surface area contributed by atoms with Crippen molar-refractivity contribution in [3.05, 3.63) is 0 Å².